The minimum Gasteiger partial charge on any atom is -0.496 e. The Bertz CT molecular complexity index is 556. The normalized spacial score (nSPS) is 12.2. The van der Waals surface area contributed by atoms with Crippen molar-refractivity contribution in [2.75, 3.05) is 20.7 Å². The van der Waals surface area contributed by atoms with Gasteiger partial charge in [-0.3, -0.25) is 0 Å². The average Bonchev–Trinajstić information content (AvgIpc) is 2.47. The number of hydrogen-bond donors (Lipinski definition) is 1. The summed E-state index contributed by atoms with van der Waals surface area (Å²) in [6.45, 7) is 0.901. The summed E-state index contributed by atoms with van der Waals surface area (Å²) in [5.41, 5.74) is 2.47. The van der Waals surface area contributed by atoms with Crippen LogP contribution in [0.4, 0.5) is 0 Å². The summed E-state index contributed by atoms with van der Waals surface area (Å²) < 4.78 is 5.44. The van der Waals surface area contributed by atoms with Crippen LogP contribution in [0, 0.1) is 0 Å². The molecule has 2 aromatic carbocycles. The number of benzene rings is 2. The fraction of sp³-hybridized carbons (Fsp3) is 0.294. The molecule has 0 amide bonds. The molecule has 2 aromatic rings. The fourth-order valence-electron chi connectivity index (χ4n) is 2.45. The van der Waals surface area contributed by atoms with E-state index in [1.807, 2.05) is 43.4 Å². The van der Waals surface area contributed by atoms with Gasteiger partial charge in [-0.05, 0) is 42.8 Å². The van der Waals surface area contributed by atoms with Gasteiger partial charge in [0.15, 0.2) is 0 Å². The quantitative estimate of drug-likeness (QED) is 0.871. The highest BCUT2D eigenvalue weighted by Crippen LogP contribution is 2.27. The van der Waals surface area contributed by atoms with Crippen LogP contribution in [-0.2, 0) is 6.42 Å². The fourth-order valence-corrected chi connectivity index (χ4v) is 2.65. The van der Waals surface area contributed by atoms with Gasteiger partial charge in [-0.1, -0.05) is 41.9 Å². The third kappa shape index (κ3) is 3.75. The molecule has 1 unspecified atom stereocenters. The Labute approximate surface area is 125 Å². The Balaban J connectivity index is 2.25. The summed E-state index contributed by atoms with van der Waals surface area (Å²) in [5.74, 6) is 1.31. The van der Waals surface area contributed by atoms with Crippen molar-refractivity contribution in [3.05, 3.63) is 64.7 Å². The molecule has 0 heterocycles. The zero-order chi connectivity index (χ0) is 14.4. The summed E-state index contributed by atoms with van der Waals surface area (Å²) in [5, 5.41) is 4.04. The van der Waals surface area contributed by atoms with E-state index < -0.39 is 0 Å². The lowest BCUT2D eigenvalue weighted by Crippen LogP contribution is -2.19. The Kier molecular flexibility index (Phi) is 5.45. The second-order valence-electron chi connectivity index (χ2n) is 4.83. The van der Waals surface area contributed by atoms with Crippen molar-refractivity contribution in [2.24, 2.45) is 0 Å². The zero-order valence-electron chi connectivity index (χ0n) is 11.9. The van der Waals surface area contributed by atoms with Gasteiger partial charge in [-0.25, -0.2) is 0 Å². The lowest BCUT2D eigenvalue weighted by atomic mass is 9.91. The number of methoxy groups -OCH3 is 1. The molecule has 0 saturated carbocycles. The van der Waals surface area contributed by atoms with Crippen LogP contribution in [0.5, 0.6) is 5.75 Å². The third-order valence-corrected chi connectivity index (χ3v) is 3.66. The summed E-state index contributed by atoms with van der Waals surface area (Å²) in [6, 6.07) is 16.2. The van der Waals surface area contributed by atoms with Crippen LogP contribution in [0.2, 0.25) is 5.02 Å². The molecule has 2 nitrogen and oxygen atoms in total. The highest BCUT2D eigenvalue weighted by molar-refractivity contribution is 6.30. The number of para-hydroxylation sites is 1. The monoisotopic (exact) mass is 289 g/mol. The second-order valence-corrected chi connectivity index (χ2v) is 5.26. The first kappa shape index (κ1) is 14.9. The summed E-state index contributed by atoms with van der Waals surface area (Å²) in [7, 11) is 3.69. The number of hydrogen-bond acceptors (Lipinski definition) is 2. The molecule has 0 radical (unpaired) electrons. The molecule has 2 rings (SSSR count). The van der Waals surface area contributed by atoms with E-state index >= 15 is 0 Å². The number of halogens is 1. The van der Waals surface area contributed by atoms with Crippen molar-refractivity contribution >= 4 is 11.6 Å². The molecule has 106 valence electrons. The number of rotatable bonds is 6. The van der Waals surface area contributed by atoms with Crippen LogP contribution < -0.4 is 10.1 Å². The molecule has 0 bridgehead atoms. The lowest BCUT2D eigenvalue weighted by Gasteiger charge is -2.19. The van der Waals surface area contributed by atoms with Gasteiger partial charge in [0, 0.05) is 17.5 Å². The van der Waals surface area contributed by atoms with Crippen molar-refractivity contribution < 1.29 is 4.74 Å². The molecule has 0 aromatic heterocycles. The molecule has 1 atom stereocenters. The Hall–Kier alpha value is -1.51. The predicted octanol–water partition coefficient (Wildman–Crippen LogP) is 3.89. The van der Waals surface area contributed by atoms with E-state index in [4.69, 9.17) is 16.3 Å². The first-order valence-electron chi connectivity index (χ1n) is 6.76. The van der Waals surface area contributed by atoms with E-state index in [2.05, 4.69) is 17.4 Å². The zero-order valence-corrected chi connectivity index (χ0v) is 12.7. The number of likely N-dealkylation sites (N-methyl/N-ethyl adjacent to an activating group) is 1. The van der Waals surface area contributed by atoms with Crippen molar-refractivity contribution in [3.63, 3.8) is 0 Å². The molecular formula is C17H20ClNO. The summed E-state index contributed by atoms with van der Waals surface area (Å²) in [4.78, 5) is 0. The van der Waals surface area contributed by atoms with Gasteiger partial charge in [0.1, 0.15) is 5.75 Å². The van der Waals surface area contributed by atoms with Gasteiger partial charge in [0.25, 0.3) is 0 Å². The van der Waals surface area contributed by atoms with E-state index in [1.165, 1.54) is 11.1 Å². The van der Waals surface area contributed by atoms with Gasteiger partial charge in [0.05, 0.1) is 7.11 Å². The van der Waals surface area contributed by atoms with Crippen LogP contribution in [0.25, 0.3) is 0 Å². The van der Waals surface area contributed by atoms with Crippen molar-refractivity contribution in [1.82, 2.24) is 5.32 Å². The summed E-state index contributed by atoms with van der Waals surface area (Å²) >= 11 is 6.11. The number of nitrogens with one attached hydrogen (secondary N) is 1. The van der Waals surface area contributed by atoms with E-state index in [0.717, 1.165) is 23.7 Å². The SMILES string of the molecule is CNCC(Cc1ccccc1OC)c1cccc(Cl)c1. The molecule has 0 saturated heterocycles. The lowest BCUT2D eigenvalue weighted by molar-refractivity contribution is 0.407. The van der Waals surface area contributed by atoms with E-state index in [9.17, 15) is 0 Å². The van der Waals surface area contributed by atoms with Crippen LogP contribution in [0.3, 0.4) is 0 Å². The number of ether oxygens (including phenoxy) is 1. The van der Waals surface area contributed by atoms with Gasteiger partial charge >= 0.3 is 0 Å². The largest absolute Gasteiger partial charge is 0.496 e. The smallest absolute Gasteiger partial charge is 0.122 e. The van der Waals surface area contributed by atoms with Crippen LogP contribution in [0.15, 0.2) is 48.5 Å². The van der Waals surface area contributed by atoms with Crippen molar-refractivity contribution in [3.8, 4) is 5.75 Å². The maximum atomic E-state index is 6.11. The third-order valence-electron chi connectivity index (χ3n) is 3.43. The molecule has 20 heavy (non-hydrogen) atoms. The molecule has 0 aliphatic heterocycles. The van der Waals surface area contributed by atoms with Gasteiger partial charge in [0.2, 0.25) is 0 Å². The maximum Gasteiger partial charge on any atom is 0.122 e. The standard InChI is InChI=1S/C17H20ClNO/c1-19-12-15(13-7-5-8-16(18)11-13)10-14-6-3-4-9-17(14)20-2/h3-9,11,15,19H,10,12H2,1-2H3. The van der Waals surface area contributed by atoms with Crippen LogP contribution in [0.1, 0.15) is 17.0 Å². The molecule has 3 heteroatoms. The second kappa shape index (κ2) is 7.32. The first-order chi connectivity index (χ1) is 9.74. The van der Waals surface area contributed by atoms with Crippen molar-refractivity contribution in [2.45, 2.75) is 12.3 Å². The topological polar surface area (TPSA) is 21.3 Å². The van der Waals surface area contributed by atoms with Gasteiger partial charge in [-0.2, -0.15) is 0 Å². The van der Waals surface area contributed by atoms with Gasteiger partial charge in [-0.15, -0.1) is 0 Å². The minimum atomic E-state index is 0.370. The predicted molar refractivity (Wildman–Crippen MR) is 84.8 cm³/mol. The van der Waals surface area contributed by atoms with Crippen LogP contribution in [-0.4, -0.2) is 20.7 Å². The van der Waals surface area contributed by atoms with E-state index in [0.29, 0.717) is 5.92 Å². The molecule has 0 fully saturated rings. The Morgan fingerprint density at radius 3 is 2.65 bits per heavy atom. The maximum absolute atomic E-state index is 6.11. The van der Waals surface area contributed by atoms with E-state index in [-0.39, 0.29) is 0 Å². The Morgan fingerprint density at radius 1 is 1.15 bits per heavy atom. The van der Waals surface area contributed by atoms with E-state index in [1.54, 1.807) is 7.11 Å². The molecule has 0 aliphatic rings. The molecule has 0 spiro atoms. The highest BCUT2D eigenvalue weighted by atomic mass is 35.5. The molecular weight excluding hydrogens is 270 g/mol. The highest BCUT2D eigenvalue weighted by Gasteiger charge is 2.14. The van der Waals surface area contributed by atoms with Crippen molar-refractivity contribution in [1.29, 1.82) is 0 Å². The first-order valence-corrected chi connectivity index (χ1v) is 7.14. The average molecular weight is 290 g/mol. The van der Waals surface area contributed by atoms with Gasteiger partial charge < -0.3 is 10.1 Å². The molecule has 1 N–H and O–H groups in total. The molecule has 0 aliphatic carbocycles. The van der Waals surface area contributed by atoms with Crippen LogP contribution >= 0.6 is 11.6 Å². The Morgan fingerprint density at radius 2 is 1.95 bits per heavy atom. The minimum absolute atomic E-state index is 0.370. The summed E-state index contributed by atoms with van der Waals surface area (Å²) in [6.07, 6.45) is 0.922.